The van der Waals surface area contributed by atoms with Crippen LogP contribution in [0.15, 0.2) is 53.5 Å². The molecule has 0 unspecified atom stereocenters. The van der Waals surface area contributed by atoms with Gasteiger partial charge in [0.1, 0.15) is 18.0 Å². The van der Waals surface area contributed by atoms with Crippen molar-refractivity contribution < 1.29 is 14.3 Å². The summed E-state index contributed by atoms with van der Waals surface area (Å²) in [4.78, 5) is 25.0. The van der Waals surface area contributed by atoms with Crippen molar-refractivity contribution in [2.24, 2.45) is 0 Å². The molecule has 0 aliphatic carbocycles. The van der Waals surface area contributed by atoms with Gasteiger partial charge < -0.3 is 19.4 Å². The molecule has 0 radical (unpaired) electrons. The normalized spacial score (nSPS) is 10.9. The number of aromatic nitrogens is 1. The van der Waals surface area contributed by atoms with Gasteiger partial charge in [-0.25, -0.2) is 0 Å². The second kappa shape index (κ2) is 8.35. The average Bonchev–Trinajstić information content (AvgIpc) is 2.64. The highest BCUT2D eigenvalue weighted by atomic mass is 35.5. The van der Waals surface area contributed by atoms with E-state index in [1.807, 2.05) is 19.9 Å². The molecule has 0 aliphatic heterocycles. The number of hydrogen-bond acceptors (Lipinski definition) is 4. The molecule has 0 bridgehead atoms. The Morgan fingerprint density at radius 3 is 2.64 bits per heavy atom. The largest absolute Gasteiger partial charge is 0.495 e. The number of anilines is 1. The smallest absolute Gasteiger partial charge is 0.258 e. The summed E-state index contributed by atoms with van der Waals surface area (Å²) in [6.45, 7) is 3.77. The van der Waals surface area contributed by atoms with Crippen LogP contribution in [0, 0.1) is 0 Å². The van der Waals surface area contributed by atoms with Crippen LogP contribution in [-0.4, -0.2) is 23.7 Å². The number of carbonyl (C=O) groups excluding carboxylic acids is 1. The molecule has 0 aliphatic rings. The first-order valence-electron chi connectivity index (χ1n) is 8.80. The van der Waals surface area contributed by atoms with Crippen molar-refractivity contribution in [3.05, 3.63) is 64.0 Å². The highest BCUT2D eigenvalue weighted by Gasteiger charge is 2.10. The molecule has 6 nitrogen and oxygen atoms in total. The minimum Gasteiger partial charge on any atom is -0.495 e. The monoisotopic (exact) mass is 400 g/mol. The molecule has 7 heteroatoms. The number of nitrogens with zero attached hydrogens (tertiary/aromatic N) is 1. The van der Waals surface area contributed by atoms with Crippen LogP contribution < -0.4 is 20.3 Å². The lowest BCUT2D eigenvalue weighted by atomic mass is 10.1. The fraction of sp³-hybridized carbons (Fsp3) is 0.238. The standard InChI is InChI=1S/C21H21ClN2O4/c1-13(2)28-16-5-6-17-14(10-16)8-9-24(21(17)26)12-20(25)23-15-4-7-19(27-3)18(22)11-15/h4-11,13H,12H2,1-3H3,(H,23,25). The molecule has 28 heavy (non-hydrogen) atoms. The Kier molecular flexibility index (Phi) is 5.90. The van der Waals surface area contributed by atoms with Gasteiger partial charge in [0, 0.05) is 17.3 Å². The van der Waals surface area contributed by atoms with Crippen LogP contribution in [0.25, 0.3) is 10.8 Å². The van der Waals surface area contributed by atoms with E-state index in [0.717, 1.165) is 5.39 Å². The fourth-order valence-electron chi connectivity index (χ4n) is 2.84. The topological polar surface area (TPSA) is 69.6 Å². The van der Waals surface area contributed by atoms with E-state index < -0.39 is 0 Å². The third-order valence-corrected chi connectivity index (χ3v) is 4.36. The zero-order valence-corrected chi connectivity index (χ0v) is 16.6. The van der Waals surface area contributed by atoms with Gasteiger partial charge in [-0.1, -0.05) is 11.6 Å². The van der Waals surface area contributed by atoms with Crippen LogP contribution in [0.5, 0.6) is 11.5 Å². The van der Waals surface area contributed by atoms with Crippen molar-refractivity contribution >= 4 is 34.0 Å². The Bertz CT molecular complexity index is 1080. The van der Waals surface area contributed by atoms with Crippen molar-refractivity contribution in [3.63, 3.8) is 0 Å². The quantitative estimate of drug-likeness (QED) is 0.676. The molecule has 0 saturated carbocycles. The second-order valence-electron chi connectivity index (χ2n) is 6.56. The number of nitrogens with one attached hydrogen (secondary N) is 1. The molecule has 0 atom stereocenters. The van der Waals surface area contributed by atoms with Gasteiger partial charge in [0.05, 0.1) is 18.2 Å². The predicted octanol–water partition coefficient (Wildman–Crippen LogP) is 4.09. The number of benzene rings is 2. The zero-order valence-electron chi connectivity index (χ0n) is 15.9. The van der Waals surface area contributed by atoms with Crippen molar-refractivity contribution in [1.29, 1.82) is 0 Å². The molecule has 1 N–H and O–H groups in total. The molecule has 2 aromatic carbocycles. The molecule has 0 saturated heterocycles. The molecular formula is C21H21ClN2O4. The van der Waals surface area contributed by atoms with Gasteiger partial charge in [-0.15, -0.1) is 0 Å². The Labute approximate surface area is 167 Å². The maximum Gasteiger partial charge on any atom is 0.258 e. The SMILES string of the molecule is COc1ccc(NC(=O)Cn2ccc3cc(OC(C)C)ccc3c2=O)cc1Cl. The van der Waals surface area contributed by atoms with Gasteiger partial charge >= 0.3 is 0 Å². The Morgan fingerprint density at radius 1 is 1.18 bits per heavy atom. The molecule has 3 rings (SSSR count). The maximum absolute atomic E-state index is 12.7. The molecule has 1 aromatic heterocycles. The summed E-state index contributed by atoms with van der Waals surface area (Å²) in [7, 11) is 1.52. The van der Waals surface area contributed by atoms with E-state index >= 15 is 0 Å². The highest BCUT2D eigenvalue weighted by molar-refractivity contribution is 6.32. The van der Waals surface area contributed by atoms with Crippen LogP contribution in [0.1, 0.15) is 13.8 Å². The first kappa shape index (κ1) is 19.8. The third kappa shape index (κ3) is 4.46. The number of amides is 1. The van der Waals surface area contributed by atoms with E-state index in [-0.39, 0.29) is 24.1 Å². The van der Waals surface area contributed by atoms with Crippen LogP contribution in [0.2, 0.25) is 5.02 Å². The highest BCUT2D eigenvalue weighted by Crippen LogP contribution is 2.27. The van der Waals surface area contributed by atoms with Gasteiger partial charge in [-0.3, -0.25) is 9.59 Å². The number of methoxy groups -OCH3 is 1. The lowest BCUT2D eigenvalue weighted by molar-refractivity contribution is -0.116. The van der Waals surface area contributed by atoms with Crippen molar-refractivity contribution in [3.8, 4) is 11.5 Å². The maximum atomic E-state index is 12.7. The lowest BCUT2D eigenvalue weighted by Gasteiger charge is -2.12. The van der Waals surface area contributed by atoms with Gasteiger partial charge in [-0.05, 0) is 61.7 Å². The lowest BCUT2D eigenvalue weighted by Crippen LogP contribution is -2.27. The molecular weight excluding hydrogens is 380 g/mol. The Balaban J connectivity index is 1.78. The van der Waals surface area contributed by atoms with Gasteiger partial charge in [0.15, 0.2) is 0 Å². The number of hydrogen-bond donors (Lipinski definition) is 1. The van der Waals surface area contributed by atoms with Crippen LogP contribution >= 0.6 is 11.6 Å². The summed E-state index contributed by atoms with van der Waals surface area (Å²) < 4.78 is 12.1. The Morgan fingerprint density at radius 2 is 1.96 bits per heavy atom. The number of carbonyl (C=O) groups is 1. The van der Waals surface area contributed by atoms with Crippen LogP contribution in [0.4, 0.5) is 5.69 Å². The van der Waals surface area contributed by atoms with E-state index in [4.69, 9.17) is 21.1 Å². The minimum absolute atomic E-state index is 0.0491. The first-order valence-corrected chi connectivity index (χ1v) is 9.18. The van der Waals surface area contributed by atoms with Crippen LogP contribution in [-0.2, 0) is 11.3 Å². The second-order valence-corrected chi connectivity index (χ2v) is 6.97. The summed E-state index contributed by atoms with van der Waals surface area (Å²) in [6, 6.07) is 12.0. The zero-order chi connectivity index (χ0) is 20.3. The molecule has 3 aromatic rings. The summed E-state index contributed by atoms with van der Waals surface area (Å²) in [5, 5.41) is 4.41. The van der Waals surface area contributed by atoms with Crippen LogP contribution in [0.3, 0.4) is 0 Å². The number of ether oxygens (including phenoxy) is 2. The number of pyridine rings is 1. The van der Waals surface area contributed by atoms with Crippen molar-refractivity contribution in [1.82, 2.24) is 4.57 Å². The van der Waals surface area contributed by atoms with Gasteiger partial charge in [0.25, 0.3) is 5.56 Å². The molecule has 146 valence electrons. The van der Waals surface area contributed by atoms with Gasteiger partial charge in [0.2, 0.25) is 5.91 Å². The van der Waals surface area contributed by atoms with Crippen molar-refractivity contribution in [2.75, 3.05) is 12.4 Å². The summed E-state index contributed by atoms with van der Waals surface area (Å²) in [5.41, 5.74) is 0.289. The number of fused-ring (bicyclic) bond motifs is 1. The van der Waals surface area contributed by atoms with Crippen molar-refractivity contribution in [2.45, 2.75) is 26.5 Å². The first-order chi connectivity index (χ1) is 13.4. The van der Waals surface area contributed by atoms with E-state index in [1.54, 1.807) is 42.6 Å². The van der Waals surface area contributed by atoms with E-state index in [0.29, 0.717) is 27.6 Å². The van der Waals surface area contributed by atoms with E-state index in [2.05, 4.69) is 5.32 Å². The number of halogens is 1. The third-order valence-electron chi connectivity index (χ3n) is 4.07. The average molecular weight is 401 g/mol. The van der Waals surface area contributed by atoms with E-state index in [9.17, 15) is 9.59 Å². The van der Waals surface area contributed by atoms with Gasteiger partial charge in [-0.2, -0.15) is 0 Å². The minimum atomic E-state index is -0.331. The molecule has 1 amide bonds. The summed E-state index contributed by atoms with van der Waals surface area (Å²) >= 11 is 6.07. The summed E-state index contributed by atoms with van der Waals surface area (Å²) in [5.74, 6) is 0.891. The fourth-order valence-corrected chi connectivity index (χ4v) is 3.09. The molecule has 0 spiro atoms. The summed E-state index contributed by atoms with van der Waals surface area (Å²) in [6.07, 6.45) is 1.65. The molecule has 0 fully saturated rings. The Hall–Kier alpha value is -2.99. The number of rotatable bonds is 6. The molecule has 1 heterocycles. The van der Waals surface area contributed by atoms with E-state index in [1.165, 1.54) is 11.7 Å². The predicted molar refractivity (Wildman–Crippen MR) is 111 cm³/mol.